The van der Waals surface area contributed by atoms with Gasteiger partial charge in [-0.1, -0.05) is 30.3 Å². The maximum absolute atomic E-state index is 6.68. The second kappa shape index (κ2) is 6.81. The third-order valence-electron chi connectivity index (χ3n) is 7.19. The Bertz CT molecular complexity index is 842. The Morgan fingerprint density at radius 2 is 1.82 bits per heavy atom. The largest absolute Gasteiger partial charge is 0.485 e. The van der Waals surface area contributed by atoms with Gasteiger partial charge in [-0.25, -0.2) is 0 Å². The topological polar surface area (TPSA) is 24.5 Å². The van der Waals surface area contributed by atoms with E-state index < -0.39 is 0 Å². The predicted molar refractivity (Wildman–Crippen MR) is 116 cm³/mol. The molecule has 1 unspecified atom stereocenters. The molecule has 3 heteroatoms. The van der Waals surface area contributed by atoms with Gasteiger partial charge in [0, 0.05) is 30.8 Å². The Morgan fingerprint density at radius 1 is 1.07 bits per heavy atom. The van der Waals surface area contributed by atoms with Gasteiger partial charge in [0.15, 0.2) is 0 Å². The van der Waals surface area contributed by atoms with Gasteiger partial charge in [-0.15, -0.1) is 0 Å². The molecule has 0 aromatic heterocycles. The molecule has 2 aromatic rings. The van der Waals surface area contributed by atoms with E-state index in [2.05, 4.69) is 61.3 Å². The number of ether oxygens (including phenoxy) is 1. The molecule has 1 N–H and O–H groups in total. The quantitative estimate of drug-likeness (QED) is 0.829. The lowest BCUT2D eigenvalue weighted by molar-refractivity contribution is 0.0523. The lowest BCUT2D eigenvalue weighted by atomic mass is 9.88. The molecule has 3 nitrogen and oxygen atoms in total. The van der Waals surface area contributed by atoms with Gasteiger partial charge < -0.3 is 10.1 Å². The van der Waals surface area contributed by atoms with E-state index in [1.54, 1.807) is 0 Å². The zero-order valence-electron chi connectivity index (χ0n) is 17.5. The van der Waals surface area contributed by atoms with E-state index in [0.717, 1.165) is 25.9 Å². The first-order valence-corrected chi connectivity index (χ1v) is 10.9. The number of nitrogens with one attached hydrogen (secondary N) is 1. The Hall–Kier alpha value is -2.00. The number of rotatable bonds is 3. The summed E-state index contributed by atoms with van der Waals surface area (Å²) < 4.78 is 6.68. The summed E-state index contributed by atoms with van der Waals surface area (Å²) in [4.78, 5) is 2.63. The smallest absolute Gasteiger partial charge is 0.127 e. The second-order valence-electron chi connectivity index (χ2n) is 9.28. The van der Waals surface area contributed by atoms with E-state index in [9.17, 15) is 0 Å². The van der Waals surface area contributed by atoms with Crippen LogP contribution in [-0.2, 0) is 12.8 Å². The fraction of sp³-hybridized carbons (Fsp3) is 0.520. The number of hydrogen-bond donors (Lipinski definition) is 1. The molecule has 2 aromatic carbocycles. The first-order chi connectivity index (χ1) is 13.5. The molecule has 0 saturated carbocycles. The van der Waals surface area contributed by atoms with Crippen LogP contribution in [0.5, 0.6) is 5.75 Å². The van der Waals surface area contributed by atoms with Crippen LogP contribution in [0.3, 0.4) is 0 Å². The van der Waals surface area contributed by atoms with Gasteiger partial charge >= 0.3 is 0 Å². The molecule has 0 spiro atoms. The minimum absolute atomic E-state index is 0.105. The normalized spacial score (nSPS) is 24.5. The molecule has 0 bridgehead atoms. The van der Waals surface area contributed by atoms with Crippen molar-refractivity contribution in [1.29, 1.82) is 0 Å². The molecule has 5 rings (SSSR count). The highest BCUT2D eigenvalue weighted by Crippen LogP contribution is 2.46. The molecule has 1 saturated heterocycles. The van der Waals surface area contributed by atoms with Crippen molar-refractivity contribution in [3.63, 3.8) is 0 Å². The van der Waals surface area contributed by atoms with Crippen molar-refractivity contribution in [3.05, 3.63) is 58.1 Å². The SMILES string of the molecule is Cc1c2c(c(C)c3c1NCC3)OC(C)(CN1CCC(c3ccccc3)CC1)C2. The Kier molecular flexibility index (Phi) is 4.39. The fourth-order valence-corrected chi connectivity index (χ4v) is 5.68. The summed E-state index contributed by atoms with van der Waals surface area (Å²) in [6.07, 6.45) is 4.66. The van der Waals surface area contributed by atoms with Gasteiger partial charge in [0.1, 0.15) is 11.4 Å². The van der Waals surface area contributed by atoms with Crippen LogP contribution in [0.25, 0.3) is 0 Å². The molecule has 1 atom stereocenters. The molecule has 3 aliphatic heterocycles. The zero-order valence-corrected chi connectivity index (χ0v) is 17.5. The highest BCUT2D eigenvalue weighted by atomic mass is 16.5. The van der Waals surface area contributed by atoms with Crippen molar-refractivity contribution in [2.45, 2.75) is 58.0 Å². The Morgan fingerprint density at radius 3 is 2.57 bits per heavy atom. The average molecular weight is 377 g/mol. The van der Waals surface area contributed by atoms with E-state index in [1.807, 2.05) is 0 Å². The minimum atomic E-state index is -0.105. The molecular formula is C25H32N2O. The first kappa shape index (κ1) is 18.1. The maximum atomic E-state index is 6.68. The fourth-order valence-electron chi connectivity index (χ4n) is 5.68. The number of piperidine rings is 1. The van der Waals surface area contributed by atoms with Crippen LogP contribution in [0.15, 0.2) is 30.3 Å². The van der Waals surface area contributed by atoms with Gasteiger partial charge in [0.2, 0.25) is 0 Å². The lowest BCUT2D eigenvalue weighted by Crippen LogP contribution is -2.47. The standard InChI is InChI=1S/C25H32N2O/c1-17-22-15-25(3,28-24(22)18(2)21-9-12-26-23(17)21)16-27-13-10-20(11-14-27)19-7-5-4-6-8-19/h4-8,20,26H,9-16H2,1-3H3. The van der Waals surface area contributed by atoms with Gasteiger partial charge in [-0.2, -0.15) is 0 Å². The van der Waals surface area contributed by atoms with E-state index in [-0.39, 0.29) is 5.60 Å². The van der Waals surface area contributed by atoms with E-state index in [1.165, 1.54) is 65.2 Å². The predicted octanol–water partition coefficient (Wildman–Crippen LogP) is 4.84. The van der Waals surface area contributed by atoms with Crippen LogP contribution in [0, 0.1) is 13.8 Å². The van der Waals surface area contributed by atoms with Crippen molar-refractivity contribution in [2.75, 3.05) is 31.5 Å². The van der Waals surface area contributed by atoms with Crippen molar-refractivity contribution in [1.82, 2.24) is 4.90 Å². The molecule has 0 amide bonds. The lowest BCUT2D eigenvalue weighted by Gasteiger charge is -2.37. The number of hydrogen-bond acceptors (Lipinski definition) is 3. The van der Waals surface area contributed by atoms with E-state index >= 15 is 0 Å². The van der Waals surface area contributed by atoms with Gasteiger partial charge in [0.05, 0.1) is 0 Å². The van der Waals surface area contributed by atoms with Crippen LogP contribution in [0.1, 0.15) is 53.5 Å². The highest BCUT2D eigenvalue weighted by Gasteiger charge is 2.40. The van der Waals surface area contributed by atoms with Gasteiger partial charge in [-0.3, -0.25) is 4.90 Å². The summed E-state index contributed by atoms with van der Waals surface area (Å²) in [5, 5.41) is 3.60. The molecule has 28 heavy (non-hydrogen) atoms. The molecule has 148 valence electrons. The summed E-state index contributed by atoms with van der Waals surface area (Å²) >= 11 is 0. The molecule has 0 aliphatic carbocycles. The van der Waals surface area contributed by atoms with Crippen LogP contribution in [-0.4, -0.2) is 36.7 Å². The van der Waals surface area contributed by atoms with E-state index in [4.69, 9.17) is 4.74 Å². The highest BCUT2D eigenvalue weighted by molar-refractivity contribution is 5.71. The number of anilines is 1. The molecular weight excluding hydrogens is 344 g/mol. The van der Waals surface area contributed by atoms with E-state index in [0.29, 0.717) is 5.92 Å². The minimum Gasteiger partial charge on any atom is -0.485 e. The van der Waals surface area contributed by atoms with Crippen LogP contribution in [0.2, 0.25) is 0 Å². The Balaban J connectivity index is 1.28. The summed E-state index contributed by atoms with van der Waals surface area (Å²) in [7, 11) is 0. The van der Waals surface area contributed by atoms with Crippen molar-refractivity contribution in [3.8, 4) is 5.75 Å². The van der Waals surface area contributed by atoms with Gasteiger partial charge in [0.25, 0.3) is 0 Å². The van der Waals surface area contributed by atoms with Crippen molar-refractivity contribution < 1.29 is 4.74 Å². The molecule has 1 fully saturated rings. The summed E-state index contributed by atoms with van der Waals surface area (Å²) in [5.41, 5.74) is 8.48. The maximum Gasteiger partial charge on any atom is 0.127 e. The van der Waals surface area contributed by atoms with Crippen LogP contribution in [0.4, 0.5) is 5.69 Å². The van der Waals surface area contributed by atoms with Gasteiger partial charge in [-0.05, 0) is 81.3 Å². The molecule has 3 aliphatic rings. The number of nitrogens with zero attached hydrogens (tertiary/aromatic N) is 1. The Labute approximate surface area is 169 Å². The molecule has 0 radical (unpaired) electrons. The van der Waals surface area contributed by atoms with Crippen LogP contribution >= 0.6 is 0 Å². The number of benzene rings is 2. The third-order valence-corrected chi connectivity index (χ3v) is 7.19. The molecule has 3 heterocycles. The van der Waals surface area contributed by atoms with Crippen molar-refractivity contribution >= 4 is 5.69 Å². The third kappa shape index (κ3) is 3.00. The summed E-state index contributed by atoms with van der Waals surface area (Å²) in [6.45, 7) is 11.3. The number of likely N-dealkylation sites (tertiary alicyclic amines) is 1. The van der Waals surface area contributed by atoms with Crippen LogP contribution < -0.4 is 10.1 Å². The zero-order chi connectivity index (χ0) is 19.3. The first-order valence-electron chi connectivity index (χ1n) is 10.9. The average Bonchev–Trinajstić information content (AvgIpc) is 3.33. The second-order valence-corrected chi connectivity index (χ2v) is 9.28. The van der Waals surface area contributed by atoms with Crippen molar-refractivity contribution in [2.24, 2.45) is 0 Å². The number of fused-ring (bicyclic) bond motifs is 2. The summed E-state index contributed by atoms with van der Waals surface area (Å²) in [5.74, 6) is 1.90. The summed E-state index contributed by atoms with van der Waals surface area (Å²) in [6, 6.07) is 11.0. The monoisotopic (exact) mass is 376 g/mol.